The van der Waals surface area contributed by atoms with E-state index in [-0.39, 0.29) is 28.3 Å². The van der Waals surface area contributed by atoms with Crippen molar-refractivity contribution in [2.45, 2.75) is 37.4 Å². The van der Waals surface area contributed by atoms with Crippen LogP contribution in [-0.2, 0) is 0 Å². The Kier molecular flexibility index (Phi) is 10.5. The number of hydrogen-bond acceptors (Lipinski definition) is 8. The summed E-state index contributed by atoms with van der Waals surface area (Å²) < 4.78 is 0. The molecule has 0 spiro atoms. The molecule has 2 aliphatic carbocycles. The normalized spacial score (nSPS) is 17.0. The molecule has 10 nitrogen and oxygen atoms in total. The zero-order valence-electron chi connectivity index (χ0n) is 29.5. The van der Waals surface area contributed by atoms with E-state index in [1.165, 1.54) is 0 Å². The van der Waals surface area contributed by atoms with Gasteiger partial charge in [-0.1, -0.05) is 125 Å². The molecule has 52 heavy (non-hydrogen) atoms. The topological polar surface area (TPSA) is 149 Å². The number of nitrogens with zero attached hydrogens (tertiary/aromatic N) is 8. The van der Waals surface area contributed by atoms with Gasteiger partial charge in [-0.05, 0) is 55.0 Å². The van der Waals surface area contributed by atoms with Crippen LogP contribution >= 0.6 is 0 Å². The van der Waals surface area contributed by atoms with Crippen molar-refractivity contribution in [2.75, 3.05) is 20.6 Å². The molecule has 2 unspecified atom stereocenters. The van der Waals surface area contributed by atoms with Crippen LogP contribution in [0.1, 0.15) is 29.8 Å². The van der Waals surface area contributed by atoms with E-state index in [1.54, 1.807) is 0 Å². The van der Waals surface area contributed by atoms with Crippen LogP contribution < -0.4 is 25.7 Å². The maximum absolute atomic E-state index is 11.2. The Balaban J connectivity index is 0.000000343. The first-order valence-electron chi connectivity index (χ1n) is 17.0. The standard InChI is InChI=1S/C33H19N7.C7H18NOSi.H2O.Si/c1-3-11-20-18(9-1)26-17-27-19-10-2-4-12-21(19)29(35-27)37-31-23-14-6-8-16-25(23)33(39-31)40-32-24-15-7-5-13-22(24)30(38-32)36-28(20)34-26;1-8(2)6-5-7-10(3,4)9;;/h1-18,22H;5-7H2,1-4H3;1H2;/q-2;-1;;+4/p-1. The summed E-state index contributed by atoms with van der Waals surface area (Å²) in [5.74, 6) is 1.21. The minimum absolute atomic E-state index is 0. The summed E-state index contributed by atoms with van der Waals surface area (Å²) in [6.07, 6.45) is 17.6. The van der Waals surface area contributed by atoms with Crippen molar-refractivity contribution in [2.24, 2.45) is 0 Å². The molecule has 2 aromatic heterocycles. The largest absolute Gasteiger partial charge is 4.00 e. The molecule has 0 radical (unpaired) electrons. The van der Waals surface area contributed by atoms with Crippen LogP contribution in [0.2, 0.25) is 19.1 Å². The maximum atomic E-state index is 11.2. The van der Waals surface area contributed by atoms with Crippen molar-refractivity contribution in [3.8, 4) is 22.6 Å². The maximum Gasteiger partial charge on any atom is 4.00 e. The molecular weight excluding hydrogens is 681 g/mol. The molecule has 0 saturated carbocycles. The van der Waals surface area contributed by atoms with Gasteiger partial charge < -0.3 is 40.1 Å². The Bertz CT molecular complexity index is 2470. The van der Waals surface area contributed by atoms with Gasteiger partial charge in [-0.15, -0.1) is 0 Å². The second-order valence-electron chi connectivity index (χ2n) is 13.8. The molecule has 0 fully saturated rings. The van der Waals surface area contributed by atoms with Gasteiger partial charge in [-0.25, -0.2) is 9.97 Å². The third-order valence-corrected chi connectivity index (χ3v) is 10.8. The minimum atomic E-state index is -2.00. The third-order valence-electron chi connectivity index (χ3n) is 9.22. The van der Waals surface area contributed by atoms with Crippen molar-refractivity contribution < 1.29 is 10.3 Å². The first kappa shape index (κ1) is 36.7. The van der Waals surface area contributed by atoms with Crippen LogP contribution in [0.4, 0.5) is 0 Å². The SMILES string of the molecule is C1=CC2=c3nc(cc4nc(nc5[n-]c(nc6[n-]c(n3)C3C=CC=CC=63)c3ccccc53)-c3ccccc3-4)C2C=C1.CN(C)CCC[Si](C)(C)[O-].[OH-].[Si+4]. The van der Waals surface area contributed by atoms with E-state index in [0.29, 0.717) is 33.9 Å². The van der Waals surface area contributed by atoms with Gasteiger partial charge in [-0.3, -0.25) is 0 Å². The van der Waals surface area contributed by atoms with Crippen LogP contribution in [0.3, 0.4) is 0 Å². The predicted octanol–water partition coefficient (Wildman–Crippen LogP) is 4.03. The van der Waals surface area contributed by atoms with Crippen molar-refractivity contribution >= 4 is 52.5 Å². The summed E-state index contributed by atoms with van der Waals surface area (Å²) in [6, 6.07) is 19.2. The number of allylic oxidation sites excluding steroid dienone is 8. The quantitative estimate of drug-likeness (QED) is 0.250. The number of aromatic nitrogens is 7. The molecule has 2 aromatic carbocycles. The molecule has 5 aliphatic rings. The summed E-state index contributed by atoms with van der Waals surface area (Å²) in [4.78, 5) is 48.2. The zero-order valence-corrected chi connectivity index (χ0v) is 31.5. The molecule has 4 aromatic rings. The minimum Gasteiger partial charge on any atom is -0.870 e. The van der Waals surface area contributed by atoms with Crippen molar-refractivity contribution in [1.82, 2.24) is 39.8 Å². The first-order valence-corrected chi connectivity index (χ1v) is 20.1. The average molecular weight is 719 g/mol. The predicted molar refractivity (Wildman–Crippen MR) is 207 cm³/mol. The molecular formula is C40H38N8O2Si2. The van der Waals surface area contributed by atoms with E-state index in [4.69, 9.17) is 34.9 Å². The first-order chi connectivity index (χ1) is 24.2. The number of benzene rings is 2. The van der Waals surface area contributed by atoms with Crippen LogP contribution in [0.15, 0.2) is 103 Å². The molecule has 258 valence electrons. The van der Waals surface area contributed by atoms with E-state index < -0.39 is 8.32 Å². The summed E-state index contributed by atoms with van der Waals surface area (Å²) >= 11 is 0. The molecule has 5 heterocycles. The monoisotopic (exact) mass is 718 g/mol. The molecule has 1 N–H and O–H groups in total. The van der Waals surface area contributed by atoms with Gasteiger partial charge in [0.25, 0.3) is 0 Å². The number of rotatable bonds is 4. The fourth-order valence-electron chi connectivity index (χ4n) is 6.75. The van der Waals surface area contributed by atoms with Gasteiger partial charge in [0.15, 0.2) is 0 Å². The Labute approximate surface area is 308 Å². The molecule has 0 saturated heterocycles. The Morgan fingerprint density at radius 3 is 2.12 bits per heavy atom. The van der Waals surface area contributed by atoms with E-state index in [0.717, 1.165) is 63.4 Å². The van der Waals surface area contributed by atoms with E-state index in [9.17, 15) is 4.80 Å². The van der Waals surface area contributed by atoms with Crippen LogP contribution in [0.5, 0.6) is 0 Å². The number of hydrogen-bond donors (Lipinski definition) is 0. The van der Waals surface area contributed by atoms with E-state index >= 15 is 0 Å². The second kappa shape index (κ2) is 14.9. The molecule has 12 heteroatoms. The van der Waals surface area contributed by atoms with E-state index in [2.05, 4.69) is 53.5 Å². The van der Waals surface area contributed by atoms with Gasteiger partial charge in [0, 0.05) is 45.6 Å². The Morgan fingerprint density at radius 1 is 0.750 bits per heavy atom. The van der Waals surface area contributed by atoms with Crippen LogP contribution in [-0.4, -0.2) is 75.2 Å². The smallest absolute Gasteiger partial charge is 0.870 e. The van der Waals surface area contributed by atoms with Gasteiger partial charge in [0.2, 0.25) is 0 Å². The Morgan fingerprint density at radius 2 is 1.40 bits per heavy atom. The van der Waals surface area contributed by atoms with Crippen molar-refractivity contribution in [3.05, 3.63) is 126 Å². The summed E-state index contributed by atoms with van der Waals surface area (Å²) in [6.45, 7) is 4.81. The molecule has 2 atom stereocenters. The fourth-order valence-corrected chi connectivity index (χ4v) is 7.76. The molecule has 3 aliphatic heterocycles. The third kappa shape index (κ3) is 7.16. The van der Waals surface area contributed by atoms with Gasteiger partial charge in [0.05, 0.1) is 22.7 Å². The summed E-state index contributed by atoms with van der Waals surface area (Å²) in [5, 5.41) is 1.85. The molecule has 8 bridgehead atoms. The van der Waals surface area contributed by atoms with Gasteiger partial charge >= 0.3 is 11.0 Å². The molecule has 9 rings (SSSR count). The fraction of sp³-hybridized carbons (Fsp3) is 0.225. The van der Waals surface area contributed by atoms with E-state index in [1.807, 2.05) is 81.8 Å². The number of fused-ring (bicyclic) bond motifs is 18. The zero-order chi connectivity index (χ0) is 34.4. The van der Waals surface area contributed by atoms with Crippen molar-refractivity contribution in [3.63, 3.8) is 0 Å². The van der Waals surface area contributed by atoms with Crippen molar-refractivity contribution in [1.29, 1.82) is 0 Å². The summed E-state index contributed by atoms with van der Waals surface area (Å²) in [5.41, 5.74) is 8.23. The van der Waals surface area contributed by atoms with Crippen LogP contribution in [0, 0.1) is 0 Å². The molecule has 0 amide bonds. The Hall–Kier alpha value is -5.12. The van der Waals surface area contributed by atoms with Gasteiger partial charge in [0.1, 0.15) is 0 Å². The average Bonchev–Trinajstić information content (AvgIpc) is 3.84. The van der Waals surface area contributed by atoms with Gasteiger partial charge in [-0.2, -0.15) is 0 Å². The summed E-state index contributed by atoms with van der Waals surface area (Å²) in [7, 11) is 2.08. The second-order valence-corrected chi connectivity index (χ2v) is 17.8. The van der Waals surface area contributed by atoms with Crippen LogP contribution in [0.25, 0.3) is 55.9 Å².